The van der Waals surface area contributed by atoms with Gasteiger partial charge in [0.25, 0.3) is 5.19 Å². The van der Waals surface area contributed by atoms with E-state index in [9.17, 15) is 30.8 Å². The number of esters is 1. The molecular weight excluding hydrogens is 648 g/mol. The van der Waals surface area contributed by atoms with Crippen molar-refractivity contribution in [3.8, 4) is 16.5 Å². The lowest BCUT2D eigenvalue weighted by molar-refractivity contribution is -0.189. The first-order valence-corrected chi connectivity index (χ1v) is 16.5. The SMILES string of the molecule is CN(Cc1cnc(OC(=O)C(F)(F)F)s1)C1CCN(S(=O)(=O)c2ccc(CCNc3nccc(-c4ccc(F)cc4)n3)cc2)CC1. The van der Waals surface area contributed by atoms with Gasteiger partial charge in [-0.1, -0.05) is 23.5 Å². The van der Waals surface area contributed by atoms with E-state index in [1.54, 1.807) is 48.7 Å². The van der Waals surface area contributed by atoms with Gasteiger partial charge in [-0.3, -0.25) is 4.90 Å². The van der Waals surface area contributed by atoms with Gasteiger partial charge < -0.3 is 10.1 Å². The van der Waals surface area contributed by atoms with Gasteiger partial charge in [0, 0.05) is 55.1 Å². The van der Waals surface area contributed by atoms with Crippen molar-refractivity contribution in [3.05, 3.63) is 83.2 Å². The van der Waals surface area contributed by atoms with Gasteiger partial charge in [0.05, 0.1) is 10.6 Å². The number of carbonyl (C=O) groups excluding carboxylic acids is 1. The monoisotopic (exact) mass is 678 g/mol. The Hall–Kier alpha value is -3.99. The summed E-state index contributed by atoms with van der Waals surface area (Å²) >= 11 is 0.854. The normalized spacial score (nSPS) is 14.8. The summed E-state index contributed by atoms with van der Waals surface area (Å²) in [5, 5.41) is 2.78. The number of nitrogens with zero attached hydrogens (tertiary/aromatic N) is 5. The maximum absolute atomic E-state index is 13.3. The van der Waals surface area contributed by atoms with Crippen molar-refractivity contribution in [2.45, 2.75) is 42.9 Å². The Morgan fingerprint density at radius 1 is 1.07 bits per heavy atom. The molecule has 46 heavy (non-hydrogen) atoms. The first-order valence-electron chi connectivity index (χ1n) is 14.2. The minimum atomic E-state index is -5.10. The number of ether oxygens (including phenoxy) is 1. The molecule has 1 fully saturated rings. The van der Waals surface area contributed by atoms with Crippen LogP contribution in [0.2, 0.25) is 0 Å². The molecule has 0 saturated carbocycles. The second kappa shape index (κ2) is 14.2. The van der Waals surface area contributed by atoms with Gasteiger partial charge in [-0.2, -0.15) is 17.5 Å². The third-order valence-electron chi connectivity index (χ3n) is 7.45. The standard InChI is InChI=1S/C30H30F4N6O4S2/c1-39(19-24-18-37-29(45-24)44-27(41)30(32,33)34)23-12-16-40(17-13-23)46(42,43)25-8-2-20(3-9-25)10-14-35-28-36-15-11-26(38-28)21-4-6-22(31)7-5-21/h2-9,11,15,18,23H,10,12-14,16-17,19H2,1H3,(H,35,36,38). The Morgan fingerprint density at radius 2 is 1.76 bits per heavy atom. The molecule has 0 atom stereocenters. The largest absolute Gasteiger partial charge is 0.491 e. The van der Waals surface area contributed by atoms with E-state index in [1.807, 2.05) is 11.9 Å². The zero-order chi connectivity index (χ0) is 32.9. The van der Waals surface area contributed by atoms with Crippen molar-refractivity contribution in [1.29, 1.82) is 0 Å². The number of sulfonamides is 1. The number of carbonyl (C=O) groups is 1. The zero-order valence-electron chi connectivity index (χ0n) is 24.6. The van der Waals surface area contributed by atoms with Crippen molar-refractivity contribution in [2.24, 2.45) is 0 Å². The molecule has 3 heterocycles. The van der Waals surface area contributed by atoms with E-state index in [4.69, 9.17) is 0 Å². The number of piperidine rings is 1. The van der Waals surface area contributed by atoms with Gasteiger partial charge in [-0.15, -0.1) is 0 Å². The minimum Gasteiger partial charge on any atom is -0.391 e. The van der Waals surface area contributed by atoms with Crippen LogP contribution in [-0.4, -0.2) is 77.4 Å². The zero-order valence-corrected chi connectivity index (χ0v) is 26.2. The molecule has 2 aromatic carbocycles. The van der Waals surface area contributed by atoms with Gasteiger partial charge >= 0.3 is 12.1 Å². The van der Waals surface area contributed by atoms with Crippen LogP contribution >= 0.6 is 11.3 Å². The van der Waals surface area contributed by atoms with Gasteiger partial charge in [0.1, 0.15) is 5.82 Å². The highest BCUT2D eigenvalue weighted by atomic mass is 32.2. The van der Waals surface area contributed by atoms with E-state index in [1.165, 1.54) is 22.6 Å². The molecule has 1 aliphatic rings. The molecule has 0 bridgehead atoms. The number of nitrogens with one attached hydrogen (secondary N) is 1. The number of halogens is 4. The van der Waals surface area contributed by atoms with Crippen LogP contribution in [0.5, 0.6) is 5.19 Å². The molecule has 1 aliphatic heterocycles. The quantitative estimate of drug-likeness (QED) is 0.170. The number of hydrogen-bond acceptors (Lipinski definition) is 10. The minimum absolute atomic E-state index is 0.0463. The topological polar surface area (TPSA) is 118 Å². The first-order chi connectivity index (χ1) is 21.9. The lowest BCUT2D eigenvalue weighted by Crippen LogP contribution is -2.45. The first kappa shape index (κ1) is 33.4. The molecule has 1 saturated heterocycles. The maximum Gasteiger partial charge on any atom is 0.491 e. The highest BCUT2D eigenvalue weighted by Crippen LogP contribution is 2.28. The summed E-state index contributed by atoms with van der Waals surface area (Å²) in [7, 11) is -1.85. The average Bonchev–Trinajstić information content (AvgIpc) is 3.47. The van der Waals surface area contributed by atoms with Crippen LogP contribution in [0.1, 0.15) is 23.3 Å². The lowest BCUT2D eigenvalue weighted by atomic mass is 10.1. The number of rotatable bonds is 11. The predicted molar refractivity (Wildman–Crippen MR) is 163 cm³/mol. The number of alkyl halides is 3. The second-order valence-corrected chi connectivity index (χ2v) is 13.6. The smallest absolute Gasteiger partial charge is 0.391 e. The van der Waals surface area contributed by atoms with Gasteiger partial charge in [-0.05, 0) is 74.3 Å². The summed E-state index contributed by atoms with van der Waals surface area (Å²) in [6, 6.07) is 14.6. The maximum atomic E-state index is 13.3. The van der Waals surface area contributed by atoms with Crippen molar-refractivity contribution in [2.75, 3.05) is 32.0 Å². The molecule has 2 aromatic heterocycles. The third kappa shape index (κ3) is 8.43. The molecule has 244 valence electrons. The number of thiazole rings is 1. The summed E-state index contributed by atoms with van der Waals surface area (Å²) in [6.45, 7) is 1.51. The van der Waals surface area contributed by atoms with Crippen molar-refractivity contribution >= 4 is 33.3 Å². The van der Waals surface area contributed by atoms with Crippen LogP contribution in [0.25, 0.3) is 11.3 Å². The number of benzene rings is 2. The van der Waals surface area contributed by atoms with Crippen LogP contribution in [0.3, 0.4) is 0 Å². The van der Waals surface area contributed by atoms with Crippen LogP contribution in [0.15, 0.2) is 71.9 Å². The van der Waals surface area contributed by atoms with Crippen LogP contribution in [0, 0.1) is 5.82 Å². The molecular formula is C30H30F4N6O4S2. The van der Waals surface area contributed by atoms with E-state index in [2.05, 4.69) is 25.0 Å². The number of anilines is 1. The van der Waals surface area contributed by atoms with E-state index in [-0.39, 0.29) is 21.9 Å². The van der Waals surface area contributed by atoms with E-state index >= 15 is 0 Å². The molecule has 4 aromatic rings. The average molecular weight is 679 g/mol. The summed E-state index contributed by atoms with van der Waals surface area (Å²) in [5.74, 6) is -2.22. The van der Waals surface area contributed by atoms with Gasteiger partial charge in [-0.25, -0.2) is 32.6 Å². The molecule has 1 N–H and O–H groups in total. The van der Waals surface area contributed by atoms with Crippen molar-refractivity contribution in [1.82, 2.24) is 24.2 Å². The highest BCUT2D eigenvalue weighted by Gasteiger charge is 2.42. The fraction of sp³-hybridized carbons (Fsp3) is 0.333. The fourth-order valence-electron chi connectivity index (χ4n) is 4.97. The number of aromatic nitrogens is 3. The van der Waals surface area contributed by atoms with Crippen LogP contribution < -0.4 is 10.1 Å². The molecule has 5 rings (SSSR count). The molecule has 0 unspecified atom stereocenters. The Kier molecular flexibility index (Phi) is 10.3. The van der Waals surface area contributed by atoms with Gasteiger partial charge in [0.15, 0.2) is 0 Å². The summed E-state index contributed by atoms with van der Waals surface area (Å²) in [4.78, 5) is 26.3. The summed E-state index contributed by atoms with van der Waals surface area (Å²) < 4.78 is 82.9. The molecule has 10 nitrogen and oxygen atoms in total. The molecule has 0 radical (unpaired) electrons. The van der Waals surface area contributed by atoms with E-state index in [0.717, 1.165) is 22.5 Å². The Labute approximate surface area is 267 Å². The summed E-state index contributed by atoms with van der Waals surface area (Å²) in [5.41, 5.74) is 2.36. The van der Waals surface area contributed by atoms with Gasteiger partial charge in [0.2, 0.25) is 16.0 Å². The molecule has 0 aliphatic carbocycles. The van der Waals surface area contributed by atoms with Crippen LogP contribution in [-0.2, 0) is 27.8 Å². The second-order valence-electron chi connectivity index (χ2n) is 10.6. The third-order valence-corrected chi connectivity index (χ3v) is 10.2. The fourth-order valence-corrected chi connectivity index (χ4v) is 7.26. The Balaban J connectivity index is 1.09. The number of hydrogen-bond donors (Lipinski definition) is 1. The van der Waals surface area contributed by atoms with Crippen molar-refractivity contribution in [3.63, 3.8) is 0 Å². The Bertz CT molecular complexity index is 1740. The summed E-state index contributed by atoms with van der Waals surface area (Å²) in [6.07, 6.45) is -0.378. The van der Waals surface area contributed by atoms with Crippen LogP contribution in [0.4, 0.5) is 23.5 Å². The van der Waals surface area contributed by atoms with Crippen molar-refractivity contribution < 1.29 is 35.5 Å². The van der Waals surface area contributed by atoms with E-state index in [0.29, 0.717) is 62.0 Å². The predicted octanol–water partition coefficient (Wildman–Crippen LogP) is 5.15. The Morgan fingerprint density at radius 3 is 2.43 bits per heavy atom. The molecule has 0 amide bonds. The molecule has 16 heteroatoms. The lowest BCUT2D eigenvalue weighted by Gasteiger charge is -2.36. The molecule has 0 spiro atoms. The highest BCUT2D eigenvalue weighted by molar-refractivity contribution is 7.89. The van der Waals surface area contributed by atoms with E-state index < -0.39 is 22.2 Å².